The van der Waals surface area contributed by atoms with Gasteiger partial charge in [0.05, 0.1) is 12.6 Å². The number of rotatable bonds is 7. The third-order valence-electron chi connectivity index (χ3n) is 5.13. The molecule has 1 atom stereocenters. The Hall–Kier alpha value is -4.02. The van der Waals surface area contributed by atoms with Crippen molar-refractivity contribution in [3.8, 4) is 17.3 Å². The summed E-state index contributed by atoms with van der Waals surface area (Å²) in [5.41, 5.74) is 2.97. The molecule has 4 aromatic rings. The Balaban J connectivity index is 1.38. The Kier molecular flexibility index (Phi) is 5.13. The lowest BCUT2D eigenvalue weighted by Gasteiger charge is -2.39. The van der Waals surface area contributed by atoms with Crippen LogP contribution < -0.4 is 15.0 Å². The summed E-state index contributed by atoms with van der Waals surface area (Å²) in [6.45, 7) is 7.10. The van der Waals surface area contributed by atoms with Gasteiger partial charge < -0.3 is 19.5 Å². The maximum Gasteiger partial charge on any atom is 0.242 e. The quantitative estimate of drug-likeness (QED) is 0.447. The molecule has 1 unspecified atom stereocenters. The van der Waals surface area contributed by atoms with Crippen molar-refractivity contribution < 1.29 is 9.26 Å². The number of aromatic nitrogens is 7. The van der Waals surface area contributed by atoms with Gasteiger partial charge in [0.1, 0.15) is 11.5 Å². The highest BCUT2D eigenvalue weighted by Crippen LogP contribution is 2.38. The minimum absolute atomic E-state index is 0.00857. The molecule has 0 radical (unpaired) electrons. The molecular weight excluding hydrogens is 410 g/mol. The molecule has 0 amide bonds. The number of hydrogen-bond acceptors (Lipinski definition) is 10. The molecule has 0 aliphatic carbocycles. The zero-order chi connectivity index (χ0) is 22.1. The predicted octanol–water partition coefficient (Wildman–Crippen LogP) is 3.36. The summed E-state index contributed by atoms with van der Waals surface area (Å²) >= 11 is 0. The molecule has 0 bridgehead atoms. The number of anilines is 3. The second-order valence-corrected chi connectivity index (χ2v) is 7.51. The van der Waals surface area contributed by atoms with Crippen LogP contribution in [0.25, 0.3) is 11.4 Å². The Morgan fingerprint density at radius 2 is 2.03 bits per heavy atom. The van der Waals surface area contributed by atoms with Crippen LogP contribution in [-0.2, 0) is 0 Å². The largest absolute Gasteiger partial charge is 0.476 e. The molecule has 11 heteroatoms. The van der Waals surface area contributed by atoms with Gasteiger partial charge in [0.15, 0.2) is 17.3 Å². The molecular formula is C21H23N9O2. The maximum absolute atomic E-state index is 5.67. The molecule has 164 valence electrons. The number of nitrogens with zero attached hydrogens (tertiary/aromatic N) is 7. The number of hydrogen-bond donors (Lipinski definition) is 2. The monoisotopic (exact) mass is 433 g/mol. The molecule has 0 saturated carbocycles. The molecule has 5 rings (SSSR count). The van der Waals surface area contributed by atoms with E-state index in [9.17, 15) is 0 Å². The molecule has 1 aliphatic rings. The first-order chi connectivity index (χ1) is 15.6. The lowest BCUT2D eigenvalue weighted by atomic mass is 10.0. The maximum atomic E-state index is 5.67. The van der Waals surface area contributed by atoms with Gasteiger partial charge in [-0.3, -0.25) is 5.10 Å². The Labute approximate surface area is 184 Å². The second-order valence-electron chi connectivity index (χ2n) is 7.51. The van der Waals surface area contributed by atoms with Gasteiger partial charge in [-0.2, -0.15) is 10.1 Å². The van der Waals surface area contributed by atoms with E-state index in [0.29, 0.717) is 41.5 Å². The van der Waals surface area contributed by atoms with E-state index in [4.69, 9.17) is 9.26 Å². The van der Waals surface area contributed by atoms with Crippen LogP contribution >= 0.6 is 0 Å². The van der Waals surface area contributed by atoms with Crippen LogP contribution in [0.4, 0.5) is 17.6 Å². The van der Waals surface area contributed by atoms with Crippen molar-refractivity contribution in [3.63, 3.8) is 0 Å². The lowest BCUT2D eigenvalue weighted by molar-refractivity contribution is 0.314. The fraction of sp³-hybridized carbons (Fsp3) is 0.333. The van der Waals surface area contributed by atoms with Crippen molar-refractivity contribution in [1.82, 2.24) is 35.3 Å². The van der Waals surface area contributed by atoms with E-state index in [-0.39, 0.29) is 6.04 Å². The van der Waals surface area contributed by atoms with Crippen LogP contribution in [0.15, 0.2) is 35.1 Å². The zero-order valence-corrected chi connectivity index (χ0v) is 18.0. The Morgan fingerprint density at radius 3 is 2.78 bits per heavy atom. The van der Waals surface area contributed by atoms with Crippen molar-refractivity contribution in [1.29, 1.82) is 0 Å². The van der Waals surface area contributed by atoms with Crippen molar-refractivity contribution in [3.05, 3.63) is 47.7 Å². The summed E-state index contributed by atoms with van der Waals surface area (Å²) in [7, 11) is 0. The van der Waals surface area contributed by atoms with Gasteiger partial charge in [0.25, 0.3) is 0 Å². The van der Waals surface area contributed by atoms with Crippen molar-refractivity contribution in [2.24, 2.45) is 0 Å². The summed E-state index contributed by atoms with van der Waals surface area (Å²) in [6, 6.07) is 5.68. The molecule has 2 N–H and O–H groups in total. The Morgan fingerprint density at radius 1 is 1.16 bits per heavy atom. The third-order valence-corrected chi connectivity index (χ3v) is 5.13. The average Bonchev–Trinajstić information content (AvgIpc) is 3.37. The van der Waals surface area contributed by atoms with Crippen LogP contribution in [0.3, 0.4) is 0 Å². The number of aromatic amines is 1. The van der Waals surface area contributed by atoms with Gasteiger partial charge in [-0.15, -0.1) is 0 Å². The molecule has 0 aromatic carbocycles. The first kappa shape index (κ1) is 19.9. The number of aryl methyl sites for hydroxylation is 2. The lowest BCUT2D eigenvalue weighted by Crippen LogP contribution is -2.42. The highest BCUT2D eigenvalue weighted by Gasteiger charge is 2.35. The third kappa shape index (κ3) is 3.84. The summed E-state index contributed by atoms with van der Waals surface area (Å²) in [6.07, 6.45) is 4.11. The molecule has 0 spiro atoms. The average molecular weight is 433 g/mol. The molecule has 1 fully saturated rings. The van der Waals surface area contributed by atoms with Gasteiger partial charge in [0, 0.05) is 48.5 Å². The summed E-state index contributed by atoms with van der Waals surface area (Å²) in [4.78, 5) is 20.0. The van der Waals surface area contributed by atoms with E-state index in [2.05, 4.69) is 45.5 Å². The first-order valence-electron chi connectivity index (χ1n) is 10.4. The smallest absolute Gasteiger partial charge is 0.242 e. The van der Waals surface area contributed by atoms with Crippen LogP contribution in [0, 0.1) is 13.8 Å². The SMILES string of the molecule is CCOc1nccnc1-c1cc(C2CCN2c2nc(C)cc(Nc3cc(C)[nH]n3)n2)on1. The van der Waals surface area contributed by atoms with Gasteiger partial charge >= 0.3 is 0 Å². The normalized spacial score (nSPS) is 15.5. The molecule has 1 saturated heterocycles. The van der Waals surface area contributed by atoms with Gasteiger partial charge in [-0.05, 0) is 27.2 Å². The van der Waals surface area contributed by atoms with Crippen molar-refractivity contribution in [2.45, 2.75) is 33.2 Å². The highest BCUT2D eigenvalue weighted by atomic mass is 16.5. The van der Waals surface area contributed by atoms with Crippen molar-refractivity contribution in [2.75, 3.05) is 23.4 Å². The number of nitrogens with one attached hydrogen (secondary N) is 2. The van der Waals surface area contributed by atoms with E-state index >= 15 is 0 Å². The van der Waals surface area contributed by atoms with Crippen LogP contribution in [0.2, 0.25) is 0 Å². The second kappa shape index (κ2) is 8.25. The summed E-state index contributed by atoms with van der Waals surface area (Å²) in [5.74, 6) is 3.18. The van der Waals surface area contributed by atoms with Gasteiger partial charge in [-0.1, -0.05) is 5.16 Å². The summed E-state index contributed by atoms with van der Waals surface area (Å²) in [5, 5.41) is 14.6. The van der Waals surface area contributed by atoms with Gasteiger partial charge in [0.2, 0.25) is 11.8 Å². The van der Waals surface area contributed by atoms with Crippen LogP contribution in [0.1, 0.15) is 36.5 Å². The molecule has 5 heterocycles. The summed E-state index contributed by atoms with van der Waals surface area (Å²) < 4.78 is 11.2. The predicted molar refractivity (Wildman–Crippen MR) is 117 cm³/mol. The molecule has 4 aromatic heterocycles. The molecule has 32 heavy (non-hydrogen) atoms. The fourth-order valence-electron chi connectivity index (χ4n) is 3.58. The fourth-order valence-corrected chi connectivity index (χ4v) is 3.58. The van der Waals surface area contributed by atoms with E-state index in [1.54, 1.807) is 12.4 Å². The van der Waals surface area contributed by atoms with Crippen molar-refractivity contribution >= 4 is 17.6 Å². The van der Waals surface area contributed by atoms with E-state index < -0.39 is 0 Å². The highest BCUT2D eigenvalue weighted by molar-refractivity contribution is 5.60. The number of ether oxygens (including phenoxy) is 1. The van der Waals surface area contributed by atoms with Crippen LogP contribution in [-0.4, -0.2) is 48.4 Å². The van der Waals surface area contributed by atoms with E-state index in [0.717, 1.165) is 30.1 Å². The van der Waals surface area contributed by atoms with E-state index in [1.807, 2.05) is 39.0 Å². The number of H-pyrrole nitrogens is 1. The van der Waals surface area contributed by atoms with Crippen LogP contribution in [0.5, 0.6) is 5.88 Å². The molecule has 1 aliphatic heterocycles. The Bertz CT molecular complexity index is 1240. The minimum atomic E-state index is -0.00857. The van der Waals surface area contributed by atoms with Gasteiger partial charge in [-0.25, -0.2) is 15.0 Å². The standard InChI is InChI=1S/C21H23N9O2/c1-4-31-20-19(22-6-7-23-20)14-11-16(32-29-14)15-5-8-30(15)21-24-12(2)9-17(26-21)25-18-10-13(3)27-28-18/h6-7,9-11,15H,4-5,8H2,1-3H3,(H2,24,25,26,27,28). The van der Waals surface area contributed by atoms with E-state index in [1.165, 1.54) is 0 Å². The minimum Gasteiger partial charge on any atom is -0.476 e. The molecule has 11 nitrogen and oxygen atoms in total. The topological polar surface area (TPSA) is 131 Å². The first-order valence-corrected chi connectivity index (χ1v) is 10.4. The zero-order valence-electron chi connectivity index (χ0n) is 18.0.